The third-order valence-electron chi connectivity index (χ3n) is 3.44. The molecule has 3 N–H and O–H groups in total. The number of benzene rings is 1. The molecule has 1 aromatic carbocycles. The van der Waals surface area contributed by atoms with Crippen molar-refractivity contribution in [1.29, 1.82) is 0 Å². The molecule has 1 rings (SSSR count). The highest BCUT2D eigenvalue weighted by Gasteiger charge is 2.31. The molecule has 0 aliphatic rings. The molecule has 2 amide bonds. The van der Waals surface area contributed by atoms with Crippen LogP contribution in [0.3, 0.4) is 0 Å². The molecule has 116 valence electrons. The van der Waals surface area contributed by atoms with Crippen molar-refractivity contribution in [2.75, 3.05) is 20.7 Å². The van der Waals surface area contributed by atoms with Gasteiger partial charge in [0.05, 0.1) is 5.54 Å². The molecule has 0 fully saturated rings. The highest BCUT2D eigenvalue weighted by molar-refractivity contribution is 5.85. The minimum Gasteiger partial charge on any atom is -0.484 e. The lowest BCUT2D eigenvalue weighted by molar-refractivity contribution is -0.130. The molecular formula is C15H23N3O3. The van der Waals surface area contributed by atoms with Gasteiger partial charge >= 0.3 is 0 Å². The van der Waals surface area contributed by atoms with Gasteiger partial charge in [0.15, 0.2) is 6.61 Å². The fourth-order valence-corrected chi connectivity index (χ4v) is 1.84. The number of hydrogen-bond donors (Lipinski definition) is 2. The zero-order valence-electron chi connectivity index (χ0n) is 13.0. The van der Waals surface area contributed by atoms with E-state index >= 15 is 0 Å². The maximum Gasteiger partial charge on any atom is 0.255 e. The van der Waals surface area contributed by atoms with Gasteiger partial charge in [0.1, 0.15) is 5.75 Å². The molecule has 0 aliphatic heterocycles. The highest BCUT2D eigenvalue weighted by atomic mass is 16.5. The minimum absolute atomic E-state index is 0.0499. The van der Waals surface area contributed by atoms with Crippen molar-refractivity contribution >= 4 is 11.8 Å². The first-order chi connectivity index (χ1) is 9.77. The van der Waals surface area contributed by atoms with E-state index in [1.807, 2.05) is 44.0 Å². The summed E-state index contributed by atoms with van der Waals surface area (Å²) < 4.78 is 5.27. The SMILES string of the molecule is CNC(=O)C(C)(C)N(C)Cc1cccc(OCC(N)=O)c1. The number of ether oxygens (including phenoxy) is 1. The summed E-state index contributed by atoms with van der Waals surface area (Å²) in [5, 5.41) is 2.66. The van der Waals surface area contributed by atoms with E-state index < -0.39 is 11.4 Å². The third kappa shape index (κ3) is 4.75. The van der Waals surface area contributed by atoms with Crippen LogP contribution in [-0.2, 0) is 16.1 Å². The van der Waals surface area contributed by atoms with Gasteiger partial charge in [-0.3, -0.25) is 14.5 Å². The lowest BCUT2D eigenvalue weighted by Crippen LogP contribution is -2.52. The molecule has 0 bridgehead atoms. The van der Waals surface area contributed by atoms with Crippen LogP contribution in [0.1, 0.15) is 19.4 Å². The van der Waals surface area contributed by atoms with E-state index in [0.717, 1.165) is 5.56 Å². The molecular weight excluding hydrogens is 270 g/mol. The number of nitrogens with zero attached hydrogens (tertiary/aromatic N) is 1. The Morgan fingerprint density at radius 3 is 2.62 bits per heavy atom. The summed E-state index contributed by atoms with van der Waals surface area (Å²) in [5.74, 6) is 0.0156. The number of nitrogens with one attached hydrogen (secondary N) is 1. The lowest BCUT2D eigenvalue weighted by atomic mass is 10.0. The summed E-state index contributed by atoms with van der Waals surface area (Å²) in [5.41, 5.74) is 5.40. The van der Waals surface area contributed by atoms with Crippen molar-refractivity contribution in [3.05, 3.63) is 29.8 Å². The summed E-state index contributed by atoms with van der Waals surface area (Å²) in [6, 6.07) is 7.37. The Bertz CT molecular complexity index is 515. The highest BCUT2D eigenvalue weighted by Crippen LogP contribution is 2.19. The Kier molecular flexibility index (Phi) is 5.72. The molecule has 0 aromatic heterocycles. The molecule has 6 heteroatoms. The Hall–Kier alpha value is -2.08. The van der Waals surface area contributed by atoms with Crippen LogP contribution < -0.4 is 15.8 Å². The second kappa shape index (κ2) is 7.08. The summed E-state index contributed by atoms with van der Waals surface area (Å²) in [6.45, 7) is 4.15. The average molecular weight is 293 g/mol. The van der Waals surface area contributed by atoms with E-state index in [0.29, 0.717) is 12.3 Å². The predicted molar refractivity (Wildman–Crippen MR) is 80.7 cm³/mol. The van der Waals surface area contributed by atoms with Gasteiger partial charge in [0.25, 0.3) is 5.91 Å². The summed E-state index contributed by atoms with van der Waals surface area (Å²) in [4.78, 5) is 24.5. The molecule has 0 saturated carbocycles. The minimum atomic E-state index is -0.626. The first-order valence-electron chi connectivity index (χ1n) is 6.71. The van der Waals surface area contributed by atoms with E-state index in [1.54, 1.807) is 13.1 Å². The van der Waals surface area contributed by atoms with Crippen LogP contribution >= 0.6 is 0 Å². The Labute approximate surface area is 125 Å². The van der Waals surface area contributed by atoms with Crippen LogP contribution in [-0.4, -0.2) is 43.0 Å². The largest absolute Gasteiger partial charge is 0.484 e. The van der Waals surface area contributed by atoms with Crippen LogP contribution in [0.4, 0.5) is 0 Å². The van der Waals surface area contributed by atoms with Gasteiger partial charge in [-0.2, -0.15) is 0 Å². The van der Waals surface area contributed by atoms with Gasteiger partial charge < -0.3 is 15.8 Å². The number of carbonyl (C=O) groups is 2. The monoisotopic (exact) mass is 293 g/mol. The zero-order chi connectivity index (χ0) is 16.0. The van der Waals surface area contributed by atoms with Crippen molar-refractivity contribution in [2.45, 2.75) is 25.9 Å². The molecule has 21 heavy (non-hydrogen) atoms. The molecule has 0 spiro atoms. The van der Waals surface area contributed by atoms with Gasteiger partial charge in [-0.15, -0.1) is 0 Å². The van der Waals surface area contributed by atoms with Gasteiger partial charge in [-0.05, 0) is 38.6 Å². The van der Waals surface area contributed by atoms with Gasteiger partial charge in [-0.1, -0.05) is 12.1 Å². The van der Waals surface area contributed by atoms with E-state index in [-0.39, 0.29) is 12.5 Å². The third-order valence-corrected chi connectivity index (χ3v) is 3.44. The van der Waals surface area contributed by atoms with E-state index in [4.69, 9.17) is 10.5 Å². The van der Waals surface area contributed by atoms with Gasteiger partial charge in [0, 0.05) is 13.6 Å². The average Bonchev–Trinajstić information content (AvgIpc) is 2.44. The normalized spacial score (nSPS) is 11.3. The van der Waals surface area contributed by atoms with Gasteiger partial charge in [0.2, 0.25) is 5.91 Å². The molecule has 0 unspecified atom stereocenters. The smallest absolute Gasteiger partial charge is 0.255 e. The van der Waals surface area contributed by atoms with Crippen LogP contribution in [0.15, 0.2) is 24.3 Å². The number of amides is 2. The Morgan fingerprint density at radius 2 is 2.05 bits per heavy atom. The summed E-state index contributed by atoms with van der Waals surface area (Å²) >= 11 is 0. The van der Waals surface area contributed by atoms with Crippen molar-refractivity contribution in [1.82, 2.24) is 10.2 Å². The molecule has 0 aliphatic carbocycles. The zero-order valence-corrected chi connectivity index (χ0v) is 13.0. The Morgan fingerprint density at radius 1 is 1.38 bits per heavy atom. The maximum atomic E-state index is 11.9. The fourth-order valence-electron chi connectivity index (χ4n) is 1.84. The van der Waals surface area contributed by atoms with Crippen LogP contribution in [0.5, 0.6) is 5.75 Å². The number of carbonyl (C=O) groups excluding carboxylic acids is 2. The van der Waals surface area contributed by atoms with Crippen LogP contribution in [0.25, 0.3) is 0 Å². The second-order valence-electron chi connectivity index (χ2n) is 5.40. The van der Waals surface area contributed by atoms with Crippen LogP contribution in [0, 0.1) is 0 Å². The summed E-state index contributed by atoms with van der Waals surface area (Å²) in [6.07, 6.45) is 0. The summed E-state index contributed by atoms with van der Waals surface area (Å²) in [7, 11) is 3.50. The quantitative estimate of drug-likeness (QED) is 0.767. The standard InChI is InChI=1S/C15H23N3O3/c1-15(2,14(20)17-3)18(4)9-11-6-5-7-12(8-11)21-10-13(16)19/h5-8H,9-10H2,1-4H3,(H2,16,19)(H,17,20). The maximum absolute atomic E-state index is 11.9. The van der Waals surface area contributed by atoms with Crippen molar-refractivity contribution in [3.8, 4) is 5.75 Å². The predicted octanol–water partition coefficient (Wildman–Crippen LogP) is 0.507. The molecule has 6 nitrogen and oxygen atoms in total. The van der Waals surface area contributed by atoms with E-state index in [9.17, 15) is 9.59 Å². The Balaban J connectivity index is 2.76. The topological polar surface area (TPSA) is 84.7 Å². The number of rotatable bonds is 7. The molecule has 0 radical (unpaired) electrons. The number of primary amides is 1. The number of nitrogens with two attached hydrogens (primary N) is 1. The second-order valence-corrected chi connectivity index (χ2v) is 5.40. The number of hydrogen-bond acceptors (Lipinski definition) is 4. The first-order valence-corrected chi connectivity index (χ1v) is 6.71. The van der Waals surface area contributed by atoms with E-state index in [2.05, 4.69) is 5.32 Å². The van der Waals surface area contributed by atoms with Crippen molar-refractivity contribution in [2.24, 2.45) is 5.73 Å². The number of likely N-dealkylation sites (N-methyl/N-ethyl adjacent to an activating group) is 2. The van der Waals surface area contributed by atoms with Crippen molar-refractivity contribution < 1.29 is 14.3 Å². The fraction of sp³-hybridized carbons (Fsp3) is 0.467. The lowest BCUT2D eigenvalue weighted by Gasteiger charge is -2.33. The van der Waals surface area contributed by atoms with Gasteiger partial charge in [-0.25, -0.2) is 0 Å². The van der Waals surface area contributed by atoms with E-state index in [1.165, 1.54) is 0 Å². The molecule has 0 atom stereocenters. The van der Waals surface area contributed by atoms with Crippen LogP contribution in [0.2, 0.25) is 0 Å². The van der Waals surface area contributed by atoms with Crippen molar-refractivity contribution in [3.63, 3.8) is 0 Å². The molecule has 0 heterocycles. The molecule has 0 saturated heterocycles. The first kappa shape index (κ1) is 17.0. The molecule has 1 aromatic rings.